The fraction of sp³-hybridized carbons (Fsp3) is 0.125. The van der Waals surface area contributed by atoms with Crippen LogP contribution in [0.25, 0.3) is 23.0 Å². The third-order valence-electron chi connectivity index (χ3n) is 3.31. The first kappa shape index (κ1) is 14.7. The second-order valence-electron chi connectivity index (χ2n) is 4.97. The van der Waals surface area contributed by atoms with Crippen LogP contribution in [0.15, 0.2) is 61.2 Å². The number of benzene rings is 1. The number of thioether (sulfide) groups is 1. The summed E-state index contributed by atoms with van der Waals surface area (Å²) in [5, 5.41) is 12.3. The van der Waals surface area contributed by atoms with Gasteiger partial charge in [-0.2, -0.15) is 4.98 Å². The summed E-state index contributed by atoms with van der Waals surface area (Å²) in [6, 6.07) is 11.4. The molecular weight excluding hydrogens is 328 g/mol. The molecule has 0 aliphatic rings. The fourth-order valence-electron chi connectivity index (χ4n) is 2.14. The summed E-state index contributed by atoms with van der Waals surface area (Å²) in [6.45, 7) is 2.01. The molecule has 0 N–H and O–H groups in total. The minimum atomic E-state index is 0.341. The van der Waals surface area contributed by atoms with Crippen molar-refractivity contribution in [3.63, 3.8) is 0 Å². The predicted molar refractivity (Wildman–Crippen MR) is 86.0 cm³/mol. The highest BCUT2D eigenvalue weighted by atomic mass is 32.2. The molecule has 3 aromatic heterocycles. The van der Waals surface area contributed by atoms with Gasteiger partial charge in [-0.25, -0.2) is 0 Å². The van der Waals surface area contributed by atoms with Gasteiger partial charge in [-0.05, 0) is 24.6 Å². The van der Waals surface area contributed by atoms with Crippen molar-refractivity contribution in [3.05, 3.63) is 54.1 Å². The Hall–Kier alpha value is -2.87. The lowest BCUT2D eigenvalue weighted by Gasteiger charge is -1.97. The van der Waals surface area contributed by atoms with Gasteiger partial charge in [0.1, 0.15) is 0 Å². The molecule has 0 amide bonds. The summed E-state index contributed by atoms with van der Waals surface area (Å²) >= 11 is 1.33. The fourth-order valence-corrected chi connectivity index (χ4v) is 2.74. The molecule has 24 heavy (non-hydrogen) atoms. The van der Waals surface area contributed by atoms with Crippen molar-refractivity contribution in [2.24, 2.45) is 0 Å². The Kier molecular flexibility index (Phi) is 3.87. The molecule has 0 atom stereocenters. The first-order chi connectivity index (χ1) is 11.8. The van der Waals surface area contributed by atoms with E-state index in [1.807, 2.05) is 31.2 Å². The second-order valence-corrected chi connectivity index (χ2v) is 5.89. The summed E-state index contributed by atoms with van der Waals surface area (Å²) < 4.78 is 16.0. The van der Waals surface area contributed by atoms with Crippen molar-refractivity contribution in [3.8, 4) is 23.0 Å². The van der Waals surface area contributed by atoms with Crippen LogP contribution in [0.2, 0.25) is 0 Å². The number of nitrogens with zero attached hydrogens (tertiary/aromatic N) is 4. The van der Waals surface area contributed by atoms with Crippen molar-refractivity contribution < 1.29 is 13.4 Å². The van der Waals surface area contributed by atoms with Crippen molar-refractivity contribution in [1.82, 2.24) is 20.3 Å². The molecular formula is C16H12N4O3S. The SMILES string of the molecule is Cc1ccccc1-c1noc(CSc2nnc(-c3ccco3)o2)n1. The van der Waals surface area contributed by atoms with E-state index in [-0.39, 0.29) is 0 Å². The average Bonchev–Trinajstić information content (AvgIpc) is 3.34. The largest absolute Gasteiger partial charge is 0.459 e. The minimum absolute atomic E-state index is 0.341. The van der Waals surface area contributed by atoms with Crippen LogP contribution < -0.4 is 0 Å². The highest BCUT2D eigenvalue weighted by Crippen LogP contribution is 2.26. The van der Waals surface area contributed by atoms with E-state index in [0.29, 0.717) is 34.3 Å². The Bertz CT molecular complexity index is 946. The zero-order valence-electron chi connectivity index (χ0n) is 12.7. The third-order valence-corrected chi connectivity index (χ3v) is 4.11. The van der Waals surface area contributed by atoms with Crippen LogP contribution >= 0.6 is 11.8 Å². The van der Waals surface area contributed by atoms with E-state index in [0.717, 1.165) is 11.1 Å². The molecule has 0 saturated carbocycles. The van der Waals surface area contributed by atoms with Gasteiger partial charge in [-0.3, -0.25) is 0 Å². The van der Waals surface area contributed by atoms with E-state index >= 15 is 0 Å². The topological polar surface area (TPSA) is 91.0 Å². The van der Waals surface area contributed by atoms with Gasteiger partial charge in [0.25, 0.3) is 11.1 Å². The van der Waals surface area contributed by atoms with E-state index in [2.05, 4.69) is 20.3 Å². The van der Waals surface area contributed by atoms with Crippen LogP contribution in [0.4, 0.5) is 0 Å². The normalized spacial score (nSPS) is 11.0. The van der Waals surface area contributed by atoms with Gasteiger partial charge in [-0.15, -0.1) is 10.2 Å². The van der Waals surface area contributed by atoms with E-state index in [9.17, 15) is 0 Å². The van der Waals surface area contributed by atoms with Gasteiger partial charge < -0.3 is 13.4 Å². The molecule has 4 aromatic rings. The summed E-state index contributed by atoms with van der Waals surface area (Å²) in [7, 11) is 0. The smallest absolute Gasteiger partial charge is 0.284 e. The van der Waals surface area contributed by atoms with Crippen LogP contribution in [0, 0.1) is 6.92 Å². The number of hydrogen-bond acceptors (Lipinski definition) is 8. The molecule has 120 valence electrons. The van der Waals surface area contributed by atoms with Crippen LogP contribution in [-0.4, -0.2) is 20.3 Å². The molecule has 4 rings (SSSR count). The molecule has 0 bridgehead atoms. The van der Waals surface area contributed by atoms with Gasteiger partial charge >= 0.3 is 0 Å². The summed E-state index contributed by atoms with van der Waals surface area (Å²) in [5.74, 6) is 2.39. The van der Waals surface area contributed by atoms with Crippen LogP contribution in [-0.2, 0) is 5.75 Å². The number of rotatable bonds is 5. The molecule has 0 radical (unpaired) electrons. The molecule has 0 spiro atoms. The lowest BCUT2D eigenvalue weighted by atomic mass is 10.1. The van der Waals surface area contributed by atoms with E-state index in [4.69, 9.17) is 13.4 Å². The number of furan rings is 1. The maximum atomic E-state index is 5.52. The Balaban J connectivity index is 1.45. The zero-order valence-corrected chi connectivity index (χ0v) is 13.5. The third kappa shape index (κ3) is 2.95. The lowest BCUT2D eigenvalue weighted by molar-refractivity contribution is 0.390. The standard InChI is InChI=1S/C16H12N4O3S/c1-10-5-2-3-6-11(10)14-17-13(23-20-14)9-24-16-19-18-15(22-16)12-7-4-8-21-12/h2-8H,9H2,1H3. The maximum absolute atomic E-state index is 5.52. The highest BCUT2D eigenvalue weighted by Gasteiger charge is 2.14. The maximum Gasteiger partial charge on any atom is 0.284 e. The summed E-state index contributed by atoms with van der Waals surface area (Å²) in [6.07, 6.45) is 1.55. The Morgan fingerprint density at radius 3 is 2.83 bits per heavy atom. The quantitative estimate of drug-likeness (QED) is 0.504. The molecule has 0 aliphatic carbocycles. The monoisotopic (exact) mass is 340 g/mol. The second kappa shape index (κ2) is 6.32. The predicted octanol–water partition coefficient (Wildman–Crippen LogP) is 3.98. The van der Waals surface area contributed by atoms with Gasteiger partial charge in [0.2, 0.25) is 11.7 Å². The Labute approximate surface area is 141 Å². The molecule has 1 aromatic carbocycles. The van der Waals surface area contributed by atoms with Gasteiger partial charge in [0.05, 0.1) is 12.0 Å². The molecule has 3 heterocycles. The summed E-state index contributed by atoms with van der Waals surface area (Å²) in [4.78, 5) is 4.41. The zero-order chi connectivity index (χ0) is 16.4. The van der Waals surface area contributed by atoms with E-state index < -0.39 is 0 Å². The molecule has 0 aliphatic heterocycles. The van der Waals surface area contributed by atoms with Crippen LogP contribution in [0.1, 0.15) is 11.5 Å². The van der Waals surface area contributed by atoms with Crippen LogP contribution in [0.3, 0.4) is 0 Å². The van der Waals surface area contributed by atoms with Crippen LogP contribution in [0.5, 0.6) is 0 Å². The molecule has 0 unspecified atom stereocenters. The molecule has 0 saturated heterocycles. The average molecular weight is 340 g/mol. The molecule has 0 fully saturated rings. The van der Waals surface area contributed by atoms with Gasteiger partial charge in [-0.1, -0.05) is 41.2 Å². The van der Waals surface area contributed by atoms with Gasteiger partial charge in [0.15, 0.2) is 5.76 Å². The Morgan fingerprint density at radius 2 is 2.00 bits per heavy atom. The number of hydrogen-bond donors (Lipinski definition) is 0. The number of aryl methyl sites for hydroxylation is 1. The minimum Gasteiger partial charge on any atom is -0.459 e. The highest BCUT2D eigenvalue weighted by molar-refractivity contribution is 7.98. The lowest BCUT2D eigenvalue weighted by Crippen LogP contribution is -1.85. The first-order valence-electron chi connectivity index (χ1n) is 7.18. The summed E-state index contributed by atoms with van der Waals surface area (Å²) in [5.41, 5.74) is 2.05. The van der Waals surface area contributed by atoms with Crippen molar-refractivity contribution in [2.45, 2.75) is 17.9 Å². The molecule has 8 heteroatoms. The first-order valence-corrected chi connectivity index (χ1v) is 8.17. The van der Waals surface area contributed by atoms with Crippen molar-refractivity contribution in [1.29, 1.82) is 0 Å². The Morgan fingerprint density at radius 1 is 1.08 bits per heavy atom. The van der Waals surface area contributed by atoms with Crippen molar-refractivity contribution in [2.75, 3.05) is 0 Å². The molecule has 7 nitrogen and oxygen atoms in total. The van der Waals surface area contributed by atoms with Gasteiger partial charge in [0, 0.05) is 5.56 Å². The van der Waals surface area contributed by atoms with E-state index in [1.54, 1.807) is 18.4 Å². The number of aromatic nitrogens is 4. The van der Waals surface area contributed by atoms with Crippen molar-refractivity contribution >= 4 is 11.8 Å². The van der Waals surface area contributed by atoms with E-state index in [1.165, 1.54) is 11.8 Å².